The average molecular weight is 327 g/mol. The molecule has 20 heavy (non-hydrogen) atoms. The first-order valence-electron chi connectivity index (χ1n) is 6.25. The van der Waals surface area contributed by atoms with Gasteiger partial charge in [-0.25, -0.2) is 0 Å². The van der Waals surface area contributed by atoms with E-state index in [0.29, 0.717) is 6.42 Å². The largest absolute Gasteiger partial charge is 0.485 e. The van der Waals surface area contributed by atoms with Crippen LogP contribution in [-0.4, -0.2) is 5.71 Å². The van der Waals surface area contributed by atoms with Crippen molar-refractivity contribution in [2.45, 2.75) is 12.5 Å². The molecule has 1 aliphatic rings. The second-order valence-corrected chi connectivity index (χ2v) is 5.44. The third-order valence-corrected chi connectivity index (χ3v) is 3.75. The number of hydrogen-bond donors (Lipinski definition) is 0. The van der Waals surface area contributed by atoms with Crippen molar-refractivity contribution < 1.29 is 4.74 Å². The molecule has 0 fully saturated rings. The van der Waals surface area contributed by atoms with Gasteiger partial charge in [-0.3, -0.25) is 0 Å². The van der Waals surface area contributed by atoms with E-state index < -0.39 is 0 Å². The van der Waals surface area contributed by atoms with Crippen LogP contribution in [0.4, 0.5) is 0 Å². The van der Waals surface area contributed by atoms with Crippen LogP contribution < -0.4 is 4.74 Å². The molecule has 0 amide bonds. The van der Waals surface area contributed by atoms with Crippen LogP contribution in [0.2, 0.25) is 0 Å². The number of nitriles is 1. The van der Waals surface area contributed by atoms with Crippen molar-refractivity contribution >= 4 is 21.6 Å². The number of nitrogens with zero attached hydrogens (tertiary/aromatic N) is 2. The van der Waals surface area contributed by atoms with E-state index in [4.69, 9.17) is 10.00 Å². The summed E-state index contributed by atoms with van der Waals surface area (Å²) in [5.41, 5.74) is 2.74. The van der Waals surface area contributed by atoms with Gasteiger partial charge in [0.05, 0.1) is 5.71 Å². The number of hydrogen-bond acceptors (Lipinski definition) is 3. The van der Waals surface area contributed by atoms with Crippen LogP contribution in [0.5, 0.6) is 5.75 Å². The van der Waals surface area contributed by atoms with Gasteiger partial charge >= 0.3 is 0 Å². The van der Waals surface area contributed by atoms with E-state index >= 15 is 0 Å². The maximum absolute atomic E-state index is 8.88. The zero-order valence-electron chi connectivity index (χ0n) is 10.6. The Labute approximate surface area is 125 Å². The molecule has 0 spiro atoms. The highest BCUT2D eigenvalue weighted by Crippen LogP contribution is 2.36. The lowest BCUT2D eigenvalue weighted by molar-refractivity contribution is 0.206. The van der Waals surface area contributed by atoms with Gasteiger partial charge < -0.3 is 4.74 Å². The maximum atomic E-state index is 8.88. The zero-order valence-corrected chi connectivity index (χ0v) is 12.2. The third kappa shape index (κ3) is 2.45. The van der Waals surface area contributed by atoms with Crippen LogP contribution in [0.15, 0.2) is 58.0 Å². The summed E-state index contributed by atoms with van der Waals surface area (Å²) in [6.45, 7) is 0. The van der Waals surface area contributed by atoms with E-state index in [1.165, 1.54) is 0 Å². The summed E-state index contributed by atoms with van der Waals surface area (Å²) in [5.74, 6) is 0.766. The van der Waals surface area contributed by atoms with Crippen molar-refractivity contribution in [1.29, 1.82) is 5.26 Å². The minimum atomic E-state index is -0.100. The first-order chi connectivity index (χ1) is 9.78. The Morgan fingerprint density at radius 1 is 1.20 bits per heavy atom. The van der Waals surface area contributed by atoms with E-state index in [9.17, 15) is 0 Å². The topological polar surface area (TPSA) is 45.4 Å². The highest BCUT2D eigenvalue weighted by molar-refractivity contribution is 9.10. The number of rotatable bonds is 1. The minimum absolute atomic E-state index is 0.100. The third-order valence-electron chi connectivity index (χ3n) is 3.26. The lowest BCUT2D eigenvalue weighted by Gasteiger charge is -2.27. The van der Waals surface area contributed by atoms with Crippen molar-refractivity contribution in [3.05, 3.63) is 64.1 Å². The normalized spacial score (nSPS) is 19.0. The van der Waals surface area contributed by atoms with Crippen LogP contribution >= 0.6 is 15.9 Å². The van der Waals surface area contributed by atoms with E-state index in [0.717, 1.165) is 27.1 Å². The summed E-state index contributed by atoms with van der Waals surface area (Å²) >= 11 is 3.44. The van der Waals surface area contributed by atoms with Gasteiger partial charge in [0, 0.05) is 16.5 Å². The highest BCUT2D eigenvalue weighted by atomic mass is 79.9. The van der Waals surface area contributed by atoms with Gasteiger partial charge in [-0.15, -0.1) is 0 Å². The molecule has 0 saturated carbocycles. The first-order valence-corrected chi connectivity index (χ1v) is 7.04. The summed E-state index contributed by atoms with van der Waals surface area (Å²) in [7, 11) is 0. The predicted octanol–water partition coefficient (Wildman–Crippen LogP) is 4.24. The Hall–Kier alpha value is -2.12. The second-order valence-electron chi connectivity index (χ2n) is 4.52. The Balaban J connectivity index is 2.04. The number of halogens is 1. The molecular weight excluding hydrogens is 316 g/mol. The van der Waals surface area contributed by atoms with E-state index in [1.54, 1.807) is 0 Å². The van der Waals surface area contributed by atoms with Crippen molar-refractivity contribution in [3.8, 4) is 11.9 Å². The molecule has 1 unspecified atom stereocenters. The fourth-order valence-corrected chi connectivity index (χ4v) is 2.69. The van der Waals surface area contributed by atoms with E-state index in [2.05, 4.69) is 20.9 Å². The SMILES string of the molecule is N#C/N=C1\CC(c2ccccc2)Oc2ccc(Br)cc21. The quantitative estimate of drug-likeness (QED) is 0.735. The van der Waals surface area contributed by atoms with Crippen molar-refractivity contribution in [1.82, 2.24) is 0 Å². The lowest BCUT2D eigenvalue weighted by Crippen LogP contribution is -2.21. The van der Waals surface area contributed by atoms with Gasteiger partial charge in [0.25, 0.3) is 0 Å². The number of aliphatic imine (C=N–C) groups is 1. The van der Waals surface area contributed by atoms with E-state index in [-0.39, 0.29) is 6.10 Å². The monoisotopic (exact) mass is 326 g/mol. The number of benzene rings is 2. The molecule has 3 rings (SSSR count). The smallest absolute Gasteiger partial charge is 0.205 e. The summed E-state index contributed by atoms with van der Waals surface area (Å²) in [4.78, 5) is 3.96. The van der Waals surface area contributed by atoms with Gasteiger partial charge in [0.2, 0.25) is 6.19 Å². The zero-order chi connectivity index (χ0) is 13.9. The molecule has 0 aromatic heterocycles. The maximum Gasteiger partial charge on any atom is 0.205 e. The molecule has 2 aromatic carbocycles. The summed E-state index contributed by atoms with van der Waals surface area (Å²) in [6, 6.07) is 15.8. The van der Waals surface area contributed by atoms with Crippen molar-refractivity contribution in [3.63, 3.8) is 0 Å². The van der Waals surface area contributed by atoms with E-state index in [1.807, 2.05) is 54.7 Å². The molecule has 4 heteroatoms. The molecule has 0 aliphatic carbocycles. The van der Waals surface area contributed by atoms with Gasteiger partial charge in [0.1, 0.15) is 11.9 Å². The van der Waals surface area contributed by atoms with Gasteiger partial charge in [-0.2, -0.15) is 10.3 Å². The second kappa shape index (κ2) is 5.48. The molecule has 98 valence electrons. The Bertz CT molecular complexity index is 704. The average Bonchev–Trinajstić information content (AvgIpc) is 2.49. The molecule has 0 bridgehead atoms. The van der Waals surface area contributed by atoms with Crippen molar-refractivity contribution in [2.24, 2.45) is 4.99 Å². The molecule has 3 nitrogen and oxygen atoms in total. The van der Waals surface area contributed by atoms with Crippen LogP contribution in [0, 0.1) is 11.5 Å². The Morgan fingerprint density at radius 3 is 2.75 bits per heavy atom. The Morgan fingerprint density at radius 2 is 2.00 bits per heavy atom. The molecular formula is C16H11BrN2O. The standard InChI is InChI=1S/C16H11BrN2O/c17-12-6-7-15-13(8-12)14(19-10-18)9-16(20-15)11-4-2-1-3-5-11/h1-8,16H,9H2/b19-14+. The van der Waals surface area contributed by atoms with Crippen molar-refractivity contribution in [2.75, 3.05) is 0 Å². The molecule has 0 saturated heterocycles. The molecule has 2 aromatic rings. The fourth-order valence-electron chi connectivity index (χ4n) is 2.33. The minimum Gasteiger partial charge on any atom is -0.485 e. The molecule has 0 N–H and O–H groups in total. The highest BCUT2D eigenvalue weighted by Gasteiger charge is 2.26. The molecule has 0 radical (unpaired) electrons. The van der Waals surface area contributed by atoms with Gasteiger partial charge in [0.15, 0.2) is 0 Å². The van der Waals surface area contributed by atoms with Crippen LogP contribution in [0.1, 0.15) is 23.7 Å². The first kappa shape index (κ1) is 12.9. The summed E-state index contributed by atoms with van der Waals surface area (Å²) in [5, 5.41) is 8.88. The van der Waals surface area contributed by atoms with Crippen LogP contribution in [0.3, 0.4) is 0 Å². The predicted molar refractivity (Wildman–Crippen MR) is 80.7 cm³/mol. The lowest BCUT2D eigenvalue weighted by atomic mass is 9.95. The Kier molecular flexibility index (Phi) is 3.53. The van der Waals surface area contributed by atoms with Crippen LogP contribution in [0.25, 0.3) is 0 Å². The molecule has 1 aliphatic heterocycles. The van der Waals surface area contributed by atoms with Crippen LogP contribution in [-0.2, 0) is 0 Å². The van der Waals surface area contributed by atoms with Gasteiger partial charge in [-0.05, 0) is 23.8 Å². The molecule has 1 atom stereocenters. The fraction of sp³-hybridized carbons (Fsp3) is 0.125. The number of ether oxygens (including phenoxy) is 1. The number of fused-ring (bicyclic) bond motifs is 1. The van der Waals surface area contributed by atoms with Gasteiger partial charge in [-0.1, -0.05) is 46.3 Å². The summed E-state index contributed by atoms with van der Waals surface area (Å²) in [6.07, 6.45) is 2.39. The molecule has 1 heterocycles. The summed E-state index contributed by atoms with van der Waals surface area (Å²) < 4.78 is 6.99.